The number of carbonyl (C=O) groups is 4. The maximum Gasteiger partial charge on any atom is 0.306 e. The zero-order valence-electron chi connectivity index (χ0n) is 35.3. The minimum atomic E-state index is -0.597. The summed E-state index contributed by atoms with van der Waals surface area (Å²) in [6.07, 6.45) is 0.739. The zero-order valence-corrected chi connectivity index (χ0v) is 38.4. The molecule has 0 saturated carbocycles. The maximum absolute atomic E-state index is 13.9. The number of imidazole rings is 2. The van der Waals surface area contributed by atoms with E-state index in [0.717, 1.165) is 22.3 Å². The Bertz CT molecular complexity index is 2220. The number of amides is 2. The van der Waals surface area contributed by atoms with Gasteiger partial charge in [0.15, 0.2) is 12.1 Å². The number of nitrogens with zero attached hydrogens (tertiary/aromatic N) is 8. The Labute approximate surface area is 375 Å². The third-order valence-corrected chi connectivity index (χ3v) is 12.8. The fourth-order valence-corrected chi connectivity index (χ4v) is 9.25. The Morgan fingerprint density at radius 2 is 1.02 bits per heavy atom. The largest absolute Gasteiger partial charge is 0.469 e. The molecule has 2 fully saturated rings. The number of aromatic amines is 2. The first-order valence-corrected chi connectivity index (χ1v) is 21.9. The molecule has 2 aliphatic heterocycles. The van der Waals surface area contributed by atoms with Crippen molar-refractivity contribution in [3.05, 3.63) is 69.4 Å². The Morgan fingerprint density at radius 1 is 0.677 bits per heavy atom. The van der Waals surface area contributed by atoms with Gasteiger partial charge >= 0.3 is 11.9 Å². The molecule has 4 N–H and O–H groups in total. The van der Waals surface area contributed by atoms with Crippen molar-refractivity contribution < 1.29 is 28.7 Å². The van der Waals surface area contributed by atoms with Crippen LogP contribution in [0.1, 0.15) is 77.1 Å². The topological polar surface area (TPSA) is 251 Å². The van der Waals surface area contributed by atoms with E-state index in [4.69, 9.17) is 30.5 Å². The minimum Gasteiger partial charge on any atom is -0.469 e. The lowest BCUT2D eigenvalue weighted by Gasteiger charge is -2.29. The van der Waals surface area contributed by atoms with Crippen molar-refractivity contribution in [2.75, 3.05) is 27.3 Å². The van der Waals surface area contributed by atoms with Crippen molar-refractivity contribution in [1.82, 2.24) is 39.6 Å². The number of halogens is 2. The highest BCUT2D eigenvalue weighted by atomic mass is 79.9. The van der Waals surface area contributed by atoms with Crippen LogP contribution < -0.4 is 9.82 Å². The quantitative estimate of drug-likeness (QED) is 0.0520. The lowest BCUT2D eigenvalue weighted by atomic mass is 9.90. The minimum absolute atomic E-state index is 0.0446. The molecule has 6 rings (SSSR count). The number of H-pyrrole nitrogens is 2. The number of benzene rings is 2. The van der Waals surface area contributed by atoms with Crippen LogP contribution in [0.15, 0.2) is 68.0 Å². The van der Waals surface area contributed by atoms with E-state index < -0.39 is 47.9 Å². The maximum atomic E-state index is 13.9. The molecule has 62 heavy (non-hydrogen) atoms. The lowest BCUT2D eigenvalue weighted by Crippen LogP contribution is -2.39. The molecule has 326 valence electrons. The molecule has 0 aliphatic carbocycles. The van der Waals surface area contributed by atoms with Crippen molar-refractivity contribution in [3.63, 3.8) is 0 Å². The monoisotopic (exact) mass is 976 g/mol. The molecular formula is C42H50Br2N12O6+2. The van der Waals surface area contributed by atoms with E-state index in [9.17, 15) is 19.2 Å². The van der Waals surface area contributed by atoms with Gasteiger partial charge in [-0.1, -0.05) is 76.2 Å². The number of hydrogen-bond acceptors (Lipinski definition) is 12. The second-order valence-corrected chi connectivity index (χ2v) is 17.8. The number of aromatic nitrogens is 4. The summed E-state index contributed by atoms with van der Waals surface area (Å²) in [5, 5.41) is 8.06. The summed E-state index contributed by atoms with van der Waals surface area (Å²) in [4.78, 5) is 78.6. The number of carbonyl (C=O) groups excluding carboxylic acids is 4. The lowest BCUT2D eigenvalue weighted by molar-refractivity contribution is -0.148. The Balaban J connectivity index is 1.20. The molecule has 18 nitrogen and oxygen atoms in total. The molecule has 4 aromatic rings. The van der Waals surface area contributed by atoms with E-state index >= 15 is 0 Å². The van der Waals surface area contributed by atoms with Crippen LogP contribution in [0, 0.1) is 34.7 Å². The molecule has 2 aromatic heterocycles. The molecule has 0 unspecified atom stereocenters. The van der Waals surface area contributed by atoms with E-state index in [2.05, 4.69) is 61.9 Å². The highest BCUT2D eigenvalue weighted by Gasteiger charge is 2.45. The smallest absolute Gasteiger partial charge is 0.306 e. The van der Waals surface area contributed by atoms with Crippen molar-refractivity contribution in [2.45, 2.75) is 77.5 Å². The van der Waals surface area contributed by atoms with Gasteiger partial charge in [-0.3, -0.25) is 19.2 Å². The van der Waals surface area contributed by atoms with E-state index in [-0.39, 0.29) is 49.6 Å². The molecule has 2 aliphatic rings. The van der Waals surface area contributed by atoms with E-state index in [0.29, 0.717) is 45.1 Å². The van der Waals surface area contributed by atoms with Crippen LogP contribution in [-0.4, -0.2) is 92.9 Å². The third kappa shape index (κ3) is 9.99. The fourth-order valence-electron chi connectivity index (χ4n) is 8.21. The molecule has 20 heteroatoms. The van der Waals surface area contributed by atoms with Crippen LogP contribution in [0.3, 0.4) is 0 Å². The van der Waals surface area contributed by atoms with Crippen LogP contribution >= 0.6 is 31.9 Å². The number of esters is 2. The zero-order chi connectivity index (χ0) is 44.8. The van der Waals surface area contributed by atoms with Gasteiger partial charge in [0.05, 0.1) is 64.1 Å². The molecule has 2 saturated heterocycles. The van der Waals surface area contributed by atoms with Crippen LogP contribution in [-0.2, 0) is 28.7 Å². The van der Waals surface area contributed by atoms with Gasteiger partial charge in [0.2, 0.25) is 21.6 Å². The first-order valence-electron chi connectivity index (χ1n) is 20.3. The summed E-state index contributed by atoms with van der Waals surface area (Å²) in [6.45, 7) is 8.08. The van der Waals surface area contributed by atoms with E-state index in [1.807, 2.05) is 76.2 Å². The Kier molecular flexibility index (Phi) is 14.8. The van der Waals surface area contributed by atoms with Crippen molar-refractivity contribution in [3.8, 4) is 33.6 Å². The summed E-state index contributed by atoms with van der Waals surface area (Å²) in [5.74, 6) is -1.64. The molecule has 0 radical (unpaired) electrons. The molecule has 4 heterocycles. The summed E-state index contributed by atoms with van der Waals surface area (Å²) in [6, 6.07) is 14.2. The third-order valence-electron chi connectivity index (χ3n) is 11.7. The number of rotatable bonds is 15. The van der Waals surface area contributed by atoms with Crippen molar-refractivity contribution in [1.29, 1.82) is 11.1 Å². The Hall–Kier alpha value is -5.68. The number of likely N-dealkylation sites (tertiary alicyclic amines) is 2. The summed E-state index contributed by atoms with van der Waals surface area (Å²) >= 11 is 7.29. The highest BCUT2D eigenvalue weighted by molar-refractivity contribution is 9.10. The molecule has 0 spiro atoms. The SMILES string of the molecule is COC(=O)C[C@H](C(=O)N1C[C@H](N=[N+]=N)C[C@H]1c1nc(-c2ccc(-c3ccc(-c4nc([C@@H]5C[C@@H](N=[N+]=N)CN5C(=O)[C@@H](CC(=O)OC)C(C)C)[nH]c4Br)cc3)cc2)c(Br)[nH]1)C(C)C. The second kappa shape index (κ2) is 20.0. The molecule has 2 aromatic carbocycles. The molecule has 2 amide bonds. The average Bonchev–Trinajstić information content (AvgIpc) is 4.06. The highest BCUT2D eigenvalue weighted by Crippen LogP contribution is 2.40. The molecule has 0 bridgehead atoms. The van der Waals surface area contributed by atoms with Gasteiger partial charge in [-0.2, -0.15) is 0 Å². The van der Waals surface area contributed by atoms with E-state index in [1.54, 1.807) is 9.80 Å². The van der Waals surface area contributed by atoms with Gasteiger partial charge < -0.3 is 29.2 Å². The predicted molar refractivity (Wildman–Crippen MR) is 233 cm³/mol. The van der Waals surface area contributed by atoms with Crippen LogP contribution in [0.4, 0.5) is 0 Å². The number of hydrogen-bond donors (Lipinski definition) is 4. The van der Waals surface area contributed by atoms with Gasteiger partial charge in [0, 0.05) is 24.0 Å². The van der Waals surface area contributed by atoms with Gasteiger partial charge in [-0.25, -0.2) is 9.97 Å². The van der Waals surface area contributed by atoms with Gasteiger partial charge in [-0.05, 0) is 54.8 Å². The molecular weight excluding hydrogens is 928 g/mol. The standard InChI is InChI=1S/C42H49Br2N12O6/c1-21(2)29(17-33(57)61-5)41(59)55-19-27(51-53-45)15-31(55)39-47-35(37(43)49-39)25-11-7-23(8-12-25)24-9-13-26(14-10-24)36-38(44)50-40(48-36)32-16-28(52-54-46)20-56(32)42(60)30(22(3)4)18-34(58)62-6/h7-14,21-22,27-32,45H,15-20H2,1-6H3,(H2,46,52)/q+1/p+1/t27-,28-,29+,30+,31+,32+/m1/s1. The van der Waals surface area contributed by atoms with Crippen molar-refractivity contribution >= 4 is 55.6 Å². The van der Waals surface area contributed by atoms with E-state index in [1.165, 1.54) is 14.2 Å². The first-order chi connectivity index (χ1) is 29.7. The average molecular weight is 979 g/mol. The fraction of sp³-hybridized carbons (Fsp3) is 0.476. The molecule has 6 atom stereocenters. The van der Waals surface area contributed by atoms with Crippen LogP contribution in [0.2, 0.25) is 0 Å². The Morgan fingerprint density at radius 3 is 1.32 bits per heavy atom. The van der Waals surface area contributed by atoms with Crippen molar-refractivity contribution in [2.24, 2.45) is 33.9 Å². The number of ether oxygens (including phenoxy) is 2. The summed E-state index contributed by atoms with van der Waals surface area (Å²) in [7, 11) is 2.61. The summed E-state index contributed by atoms with van der Waals surface area (Å²) in [5.41, 5.74) is 19.5. The number of nitrogens with one attached hydrogen (secondary N) is 4. The second-order valence-electron chi connectivity index (χ2n) is 16.2. The van der Waals surface area contributed by atoms with Crippen LogP contribution in [0.25, 0.3) is 33.6 Å². The number of methoxy groups -OCH3 is 2. The summed E-state index contributed by atoms with van der Waals surface area (Å²) < 4.78 is 11.0. The van der Waals surface area contributed by atoms with Gasteiger partial charge in [-0.15, -0.1) is 0 Å². The van der Waals surface area contributed by atoms with Crippen LogP contribution in [0.5, 0.6) is 0 Å². The normalized spacial score (nSPS) is 19.5. The van der Waals surface area contributed by atoms with Gasteiger partial charge in [0.1, 0.15) is 53.5 Å². The van der Waals surface area contributed by atoms with Gasteiger partial charge in [0.25, 0.3) is 0 Å². The predicted octanol–water partition coefficient (Wildman–Crippen LogP) is 7.71. The first kappa shape index (κ1) is 45.8.